The lowest BCUT2D eigenvalue weighted by molar-refractivity contribution is -0.135. The van der Waals surface area contributed by atoms with Crippen molar-refractivity contribution in [3.63, 3.8) is 0 Å². The molecule has 0 amide bonds. The molecule has 1 aliphatic carbocycles. The topological polar surface area (TPSA) is 63.6 Å². The lowest BCUT2D eigenvalue weighted by Crippen LogP contribution is -2.19. The Kier molecular flexibility index (Phi) is 12.0. The molecule has 1 fully saturated rings. The summed E-state index contributed by atoms with van der Waals surface area (Å²) in [6, 6.07) is 0. The number of rotatable bonds is 13. The summed E-state index contributed by atoms with van der Waals surface area (Å²) in [6.45, 7) is 5.73. The summed E-state index contributed by atoms with van der Waals surface area (Å²) in [5, 5.41) is 10.2. The predicted molar refractivity (Wildman–Crippen MR) is 109 cm³/mol. The highest BCUT2D eigenvalue weighted by atomic mass is 16.5. The first-order valence-corrected chi connectivity index (χ1v) is 10.6. The fourth-order valence-corrected chi connectivity index (χ4v) is 4.09. The third kappa shape index (κ3) is 9.90. The Morgan fingerprint density at radius 3 is 2.70 bits per heavy atom. The van der Waals surface area contributed by atoms with Crippen molar-refractivity contribution in [2.24, 2.45) is 17.8 Å². The molecule has 0 unspecified atom stereocenters. The lowest BCUT2D eigenvalue weighted by Gasteiger charge is -2.23. The van der Waals surface area contributed by atoms with E-state index in [1.807, 2.05) is 12.2 Å². The van der Waals surface area contributed by atoms with Crippen LogP contribution in [0.4, 0.5) is 0 Å². The highest BCUT2D eigenvalue weighted by molar-refractivity contribution is 5.83. The fraction of sp³-hybridized carbons (Fsp3) is 0.739. The van der Waals surface area contributed by atoms with Crippen molar-refractivity contribution in [3.8, 4) is 0 Å². The molecule has 1 aliphatic rings. The Labute approximate surface area is 165 Å². The quantitative estimate of drug-likeness (QED) is 0.203. The molecular weight excluding hydrogens is 340 g/mol. The number of aliphatic hydroxyl groups excluding tert-OH is 1. The molecule has 0 aliphatic heterocycles. The van der Waals surface area contributed by atoms with Gasteiger partial charge in [-0.1, -0.05) is 45.3 Å². The van der Waals surface area contributed by atoms with Crippen molar-refractivity contribution in [2.75, 3.05) is 0 Å². The smallest absolute Gasteiger partial charge is 0.307 e. The van der Waals surface area contributed by atoms with Gasteiger partial charge in [0, 0.05) is 19.3 Å². The molecule has 0 bridgehead atoms. The van der Waals surface area contributed by atoms with Crippen molar-refractivity contribution >= 4 is 11.8 Å². The molecule has 0 aromatic rings. The first kappa shape index (κ1) is 23.6. The predicted octanol–water partition coefficient (Wildman–Crippen LogP) is 5.35. The molecule has 154 valence electrons. The van der Waals surface area contributed by atoms with Crippen LogP contribution in [0.3, 0.4) is 0 Å². The molecule has 0 saturated heterocycles. The summed E-state index contributed by atoms with van der Waals surface area (Å²) in [5.41, 5.74) is 0. The minimum atomic E-state index is -0.324. The van der Waals surface area contributed by atoms with E-state index in [1.165, 1.54) is 26.0 Å². The fourth-order valence-electron chi connectivity index (χ4n) is 4.09. The minimum absolute atomic E-state index is 0.160. The standard InChI is InChI=1S/C23H38O4/c1-4-5-9-12-20(25)14-15-21-18(2)17-23(26)22(21)13-10-7-6-8-11-16-27-19(3)24/h6,8,11,16,18,20-22,25H,4-5,7,9-10,12-15,17H2,1-3H3/b8-6+,16-11+/t18-,20+,21-,22-/m1/s1. The number of ketones is 1. The van der Waals surface area contributed by atoms with E-state index in [0.29, 0.717) is 24.0 Å². The summed E-state index contributed by atoms with van der Waals surface area (Å²) in [7, 11) is 0. The van der Waals surface area contributed by atoms with Crippen LogP contribution in [0.2, 0.25) is 0 Å². The molecule has 0 radical (unpaired) electrons. The van der Waals surface area contributed by atoms with Crippen LogP contribution in [0.1, 0.15) is 85.0 Å². The van der Waals surface area contributed by atoms with E-state index in [0.717, 1.165) is 44.9 Å². The number of carbonyl (C=O) groups excluding carboxylic acids is 2. The molecular formula is C23H38O4. The second-order valence-electron chi connectivity index (χ2n) is 7.94. The number of esters is 1. The van der Waals surface area contributed by atoms with Crippen LogP contribution in [0.15, 0.2) is 24.5 Å². The van der Waals surface area contributed by atoms with Gasteiger partial charge in [-0.05, 0) is 56.4 Å². The van der Waals surface area contributed by atoms with Gasteiger partial charge in [-0.2, -0.15) is 0 Å². The SMILES string of the molecule is CCCCC[C@H](O)CC[C@@H]1[C@H](C)CC(=O)[C@@H]1CCC/C=C/C=C/OC(C)=O. The minimum Gasteiger partial charge on any atom is -0.435 e. The average Bonchev–Trinajstić information content (AvgIpc) is 2.88. The number of aliphatic hydroxyl groups is 1. The molecule has 4 atom stereocenters. The van der Waals surface area contributed by atoms with Gasteiger partial charge < -0.3 is 9.84 Å². The van der Waals surface area contributed by atoms with Gasteiger partial charge in [0.25, 0.3) is 0 Å². The Hall–Kier alpha value is -1.42. The zero-order chi connectivity index (χ0) is 20.1. The number of unbranched alkanes of at least 4 members (excludes halogenated alkanes) is 3. The third-order valence-corrected chi connectivity index (χ3v) is 5.60. The number of allylic oxidation sites excluding steroid dienone is 3. The number of hydrogen-bond acceptors (Lipinski definition) is 4. The van der Waals surface area contributed by atoms with Gasteiger partial charge in [0.15, 0.2) is 0 Å². The molecule has 1 saturated carbocycles. The zero-order valence-electron chi connectivity index (χ0n) is 17.4. The summed E-state index contributed by atoms with van der Waals surface area (Å²) in [4.78, 5) is 23.0. The third-order valence-electron chi connectivity index (χ3n) is 5.60. The highest BCUT2D eigenvalue weighted by Crippen LogP contribution is 2.40. The molecule has 4 nitrogen and oxygen atoms in total. The Balaban J connectivity index is 2.34. The van der Waals surface area contributed by atoms with E-state index in [4.69, 9.17) is 4.74 Å². The Morgan fingerprint density at radius 1 is 1.22 bits per heavy atom. The van der Waals surface area contributed by atoms with Gasteiger partial charge in [0.1, 0.15) is 5.78 Å². The summed E-state index contributed by atoms with van der Waals surface area (Å²) >= 11 is 0. The van der Waals surface area contributed by atoms with E-state index in [1.54, 1.807) is 6.08 Å². The van der Waals surface area contributed by atoms with Crippen molar-refractivity contribution in [1.82, 2.24) is 0 Å². The van der Waals surface area contributed by atoms with Crippen LogP contribution < -0.4 is 0 Å². The van der Waals surface area contributed by atoms with Crippen LogP contribution >= 0.6 is 0 Å². The summed E-state index contributed by atoms with van der Waals surface area (Å²) in [5.74, 6) is 1.10. The summed E-state index contributed by atoms with van der Waals surface area (Å²) in [6.07, 6.45) is 16.4. The lowest BCUT2D eigenvalue weighted by atomic mass is 9.82. The van der Waals surface area contributed by atoms with Crippen LogP contribution in [0.5, 0.6) is 0 Å². The van der Waals surface area contributed by atoms with E-state index >= 15 is 0 Å². The van der Waals surface area contributed by atoms with Crippen LogP contribution in [0, 0.1) is 17.8 Å². The van der Waals surface area contributed by atoms with Gasteiger partial charge in [-0.15, -0.1) is 0 Å². The Morgan fingerprint density at radius 2 is 2.00 bits per heavy atom. The average molecular weight is 379 g/mol. The largest absolute Gasteiger partial charge is 0.435 e. The maximum absolute atomic E-state index is 12.4. The molecule has 1 N–H and O–H groups in total. The van der Waals surface area contributed by atoms with Crippen LogP contribution in [0.25, 0.3) is 0 Å². The van der Waals surface area contributed by atoms with Gasteiger partial charge in [0.2, 0.25) is 0 Å². The van der Waals surface area contributed by atoms with Gasteiger partial charge >= 0.3 is 5.97 Å². The molecule has 1 rings (SSSR count). The number of carbonyl (C=O) groups is 2. The van der Waals surface area contributed by atoms with Crippen LogP contribution in [-0.2, 0) is 14.3 Å². The molecule has 0 aromatic carbocycles. The van der Waals surface area contributed by atoms with Crippen molar-refractivity contribution < 1.29 is 19.4 Å². The highest BCUT2D eigenvalue weighted by Gasteiger charge is 2.39. The van der Waals surface area contributed by atoms with Crippen molar-refractivity contribution in [1.29, 1.82) is 0 Å². The van der Waals surface area contributed by atoms with Gasteiger partial charge in [-0.3, -0.25) is 9.59 Å². The number of hydrogen-bond donors (Lipinski definition) is 1. The number of ether oxygens (including phenoxy) is 1. The van der Waals surface area contributed by atoms with E-state index < -0.39 is 0 Å². The maximum atomic E-state index is 12.4. The van der Waals surface area contributed by atoms with Gasteiger partial charge in [-0.25, -0.2) is 0 Å². The number of Topliss-reactive ketones (excluding diaryl/α,β-unsaturated/α-hetero) is 1. The maximum Gasteiger partial charge on any atom is 0.307 e. The van der Waals surface area contributed by atoms with E-state index in [9.17, 15) is 14.7 Å². The second kappa shape index (κ2) is 13.7. The van der Waals surface area contributed by atoms with Gasteiger partial charge in [0.05, 0.1) is 12.4 Å². The molecule has 0 heterocycles. The van der Waals surface area contributed by atoms with E-state index in [-0.39, 0.29) is 18.0 Å². The van der Waals surface area contributed by atoms with Crippen molar-refractivity contribution in [3.05, 3.63) is 24.5 Å². The first-order valence-electron chi connectivity index (χ1n) is 10.6. The van der Waals surface area contributed by atoms with E-state index in [2.05, 4.69) is 13.8 Å². The monoisotopic (exact) mass is 378 g/mol. The molecule has 4 heteroatoms. The molecule has 0 spiro atoms. The molecule has 0 aromatic heterocycles. The van der Waals surface area contributed by atoms with Crippen molar-refractivity contribution in [2.45, 2.75) is 91.1 Å². The van der Waals surface area contributed by atoms with Crippen LogP contribution in [-0.4, -0.2) is 23.0 Å². The summed E-state index contributed by atoms with van der Waals surface area (Å²) < 4.78 is 4.71. The molecule has 27 heavy (non-hydrogen) atoms. The first-order chi connectivity index (χ1) is 13.0. The normalized spacial score (nSPS) is 24.1. The Bertz CT molecular complexity index is 495. The second-order valence-corrected chi connectivity index (χ2v) is 7.94. The zero-order valence-corrected chi connectivity index (χ0v) is 17.4.